The molecule has 10 heteroatoms. The standard InChI is InChI=1S/C18H13F3N4O3/c19-18(20,21)27-13-6-4-11(5-7-13)17(26)25-9-12(10-25)16-23-15(24-28-16)14-3-1-2-8-22-14/h1-8,12H,9-10H2. The van der Waals surface area contributed by atoms with Crippen LogP contribution in [-0.4, -0.2) is 45.4 Å². The molecule has 3 aromatic rings. The second-order valence-electron chi connectivity index (χ2n) is 6.15. The van der Waals surface area contributed by atoms with E-state index in [1.165, 1.54) is 12.1 Å². The third-order valence-corrected chi connectivity index (χ3v) is 4.19. The summed E-state index contributed by atoms with van der Waals surface area (Å²) in [6, 6.07) is 10.2. The second-order valence-corrected chi connectivity index (χ2v) is 6.15. The van der Waals surface area contributed by atoms with Crippen LogP contribution in [0.3, 0.4) is 0 Å². The van der Waals surface area contributed by atoms with Gasteiger partial charge in [0.05, 0.1) is 5.92 Å². The molecule has 1 amide bonds. The third kappa shape index (κ3) is 3.80. The van der Waals surface area contributed by atoms with Crippen molar-refractivity contribution in [1.29, 1.82) is 0 Å². The Morgan fingerprint density at radius 3 is 2.54 bits per heavy atom. The van der Waals surface area contributed by atoms with E-state index in [9.17, 15) is 18.0 Å². The summed E-state index contributed by atoms with van der Waals surface area (Å²) >= 11 is 0. The first kappa shape index (κ1) is 18.0. The Morgan fingerprint density at radius 2 is 1.89 bits per heavy atom. The summed E-state index contributed by atoms with van der Waals surface area (Å²) in [5.74, 6) is 0.0266. The summed E-state index contributed by atoms with van der Waals surface area (Å²) in [4.78, 5) is 22.4. The predicted molar refractivity (Wildman–Crippen MR) is 89.3 cm³/mol. The average molecular weight is 390 g/mol. The van der Waals surface area contributed by atoms with E-state index in [2.05, 4.69) is 19.9 Å². The maximum Gasteiger partial charge on any atom is 0.573 e. The van der Waals surface area contributed by atoms with Gasteiger partial charge >= 0.3 is 6.36 Å². The summed E-state index contributed by atoms with van der Waals surface area (Å²) in [5.41, 5.74) is 0.860. The van der Waals surface area contributed by atoms with Gasteiger partial charge in [0.2, 0.25) is 11.7 Å². The van der Waals surface area contributed by atoms with Gasteiger partial charge in [-0.2, -0.15) is 4.98 Å². The lowest BCUT2D eigenvalue weighted by Gasteiger charge is -2.37. The van der Waals surface area contributed by atoms with E-state index in [4.69, 9.17) is 4.52 Å². The van der Waals surface area contributed by atoms with E-state index >= 15 is 0 Å². The van der Waals surface area contributed by atoms with Crippen molar-refractivity contribution >= 4 is 5.91 Å². The predicted octanol–water partition coefficient (Wildman–Crippen LogP) is 3.27. The Kier molecular flexibility index (Phi) is 4.46. The minimum absolute atomic E-state index is 0.0956. The van der Waals surface area contributed by atoms with Crippen LogP contribution in [-0.2, 0) is 0 Å². The van der Waals surface area contributed by atoms with Crippen LogP contribution < -0.4 is 4.74 Å². The minimum atomic E-state index is -4.77. The van der Waals surface area contributed by atoms with Gasteiger partial charge in [0, 0.05) is 24.8 Å². The highest BCUT2D eigenvalue weighted by Gasteiger charge is 2.36. The van der Waals surface area contributed by atoms with Gasteiger partial charge in [-0.3, -0.25) is 9.78 Å². The Balaban J connectivity index is 1.36. The number of hydrogen-bond donors (Lipinski definition) is 0. The highest BCUT2D eigenvalue weighted by atomic mass is 19.4. The molecule has 0 bridgehead atoms. The number of amides is 1. The maximum atomic E-state index is 12.4. The number of halogens is 3. The van der Waals surface area contributed by atoms with Crippen LogP contribution in [0.4, 0.5) is 13.2 Å². The number of rotatable bonds is 4. The fourth-order valence-corrected chi connectivity index (χ4v) is 2.78. The number of ether oxygens (including phenoxy) is 1. The smallest absolute Gasteiger partial charge is 0.406 e. The number of pyridine rings is 1. The lowest BCUT2D eigenvalue weighted by atomic mass is 9.98. The van der Waals surface area contributed by atoms with Gasteiger partial charge in [0.25, 0.3) is 5.91 Å². The zero-order valence-electron chi connectivity index (χ0n) is 14.3. The Morgan fingerprint density at radius 1 is 1.14 bits per heavy atom. The number of hydrogen-bond acceptors (Lipinski definition) is 6. The molecule has 0 N–H and O–H groups in total. The molecule has 4 rings (SSSR count). The van der Waals surface area contributed by atoms with E-state index in [1.807, 2.05) is 6.07 Å². The molecule has 1 fully saturated rings. The van der Waals surface area contributed by atoms with Gasteiger partial charge in [0.15, 0.2) is 0 Å². The topological polar surface area (TPSA) is 81.4 Å². The number of alkyl halides is 3. The number of aromatic nitrogens is 3. The van der Waals surface area contributed by atoms with Crippen molar-refractivity contribution in [3.05, 3.63) is 60.1 Å². The fraction of sp³-hybridized carbons (Fsp3) is 0.222. The minimum Gasteiger partial charge on any atom is -0.406 e. The summed E-state index contributed by atoms with van der Waals surface area (Å²) < 4.78 is 45.6. The van der Waals surface area contributed by atoms with Crippen LogP contribution in [0.2, 0.25) is 0 Å². The molecule has 0 saturated carbocycles. The summed E-state index contributed by atoms with van der Waals surface area (Å²) in [7, 11) is 0. The van der Waals surface area contributed by atoms with Crippen molar-refractivity contribution in [2.24, 2.45) is 0 Å². The van der Waals surface area contributed by atoms with E-state index in [1.54, 1.807) is 23.2 Å². The molecule has 2 aromatic heterocycles. The van der Waals surface area contributed by atoms with Gasteiger partial charge in [-0.05, 0) is 36.4 Å². The molecule has 7 nitrogen and oxygen atoms in total. The second kappa shape index (κ2) is 6.95. The van der Waals surface area contributed by atoms with Crippen LogP contribution >= 0.6 is 0 Å². The molecule has 1 aromatic carbocycles. The quantitative estimate of drug-likeness (QED) is 0.680. The molecule has 0 atom stereocenters. The molecule has 1 aliphatic heterocycles. The highest BCUT2D eigenvalue weighted by molar-refractivity contribution is 5.95. The van der Waals surface area contributed by atoms with Crippen LogP contribution in [0.5, 0.6) is 5.75 Å². The van der Waals surface area contributed by atoms with Crippen molar-refractivity contribution in [2.75, 3.05) is 13.1 Å². The van der Waals surface area contributed by atoms with Gasteiger partial charge in [-0.15, -0.1) is 13.2 Å². The van der Waals surface area contributed by atoms with E-state index in [0.717, 1.165) is 12.1 Å². The molecule has 28 heavy (non-hydrogen) atoms. The number of nitrogens with zero attached hydrogens (tertiary/aromatic N) is 4. The van der Waals surface area contributed by atoms with Crippen molar-refractivity contribution in [3.63, 3.8) is 0 Å². The van der Waals surface area contributed by atoms with Gasteiger partial charge < -0.3 is 14.2 Å². The summed E-state index contributed by atoms with van der Waals surface area (Å²) in [6.45, 7) is 0.757. The fourth-order valence-electron chi connectivity index (χ4n) is 2.78. The number of benzene rings is 1. The molecule has 144 valence electrons. The first-order chi connectivity index (χ1) is 13.4. The number of likely N-dealkylation sites (tertiary alicyclic amines) is 1. The maximum absolute atomic E-state index is 12.4. The van der Waals surface area contributed by atoms with Gasteiger partial charge in [-0.1, -0.05) is 11.2 Å². The Bertz CT molecular complexity index is 968. The van der Waals surface area contributed by atoms with Crippen molar-refractivity contribution < 1.29 is 27.2 Å². The molecule has 1 saturated heterocycles. The zero-order chi connectivity index (χ0) is 19.7. The monoisotopic (exact) mass is 390 g/mol. The van der Waals surface area contributed by atoms with E-state index < -0.39 is 6.36 Å². The van der Waals surface area contributed by atoms with Crippen LogP contribution in [0, 0.1) is 0 Å². The molecular formula is C18H13F3N4O3. The lowest BCUT2D eigenvalue weighted by molar-refractivity contribution is -0.274. The molecule has 0 spiro atoms. The molecular weight excluding hydrogens is 377 g/mol. The van der Waals surface area contributed by atoms with Gasteiger partial charge in [0.1, 0.15) is 11.4 Å². The van der Waals surface area contributed by atoms with Crippen LogP contribution in [0.15, 0.2) is 53.2 Å². The van der Waals surface area contributed by atoms with Crippen LogP contribution in [0.1, 0.15) is 22.2 Å². The normalized spacial score (nSPS) is 14.6. The number of carbonyl (C=O) groups excluding carboxylic acids is 1. The molecule has 3 heterocycles. The molecule has 0 unspecified atom stereocenters. The Labute approximate surface area is 156 Å². The summed E-state index contributed by atoms with van der Waals surface area (Å²) in [5, 5.41) is 3.90. The zero-order valence-corrected chi connectivity index (χ0v) is 14.3. The van der Waals surface area contributed by atoms with Crippen molar-refractivity contribution in [2.45, 2.75) is 12.3 Å². The average Bonchev–Trinajstić information content (AvgIpc) is 3.10. The van der Waals surface area contributed by atoms with Gasteiger partial charge in [-0.25, -0.2) is 0 Å². The van der Waals surface area contributed by atoms with Crippen molar-refractivity contribution in [3.8, 4) is 17.3 Å². The van der Waals surface area contributed by atoms with Crippen LogP contribution in [0.25, 0.3) is 11.5 Å². The summed E-state index contributed by atoms with van der Waals surface area (Å²) in [6.07, 6.45) is -3.14. The number of carbonyl (C=O) groups is 1. The molecule has 0 aliphatic carbocycles. The van der Waals surface area contributed by atoms with E-state index in [0.29, 0.717) is 30.5 Å². The largest absolute Gasteiger partial charge is 0.573 e. The third-order valence-electron chi connectivity index (χ3n) is 4.19. The molecule has 1 aliphatic rings. The van der Waals surface area contributed by atoms with E-state index in [-0.39, 0.29) is 23.1 Å². The molecule has 0 radical (unpaired) electrons. The highest BCUT2D eigenvalue weighted by Crippen LogP contribution is 2.29. The van der Waals surface area contributed by atoms with Crippen molar-refractivity contribution in [1.82, 2.24) is 20.0 Å². The first-order valence-corrected chi connectivity index (χ1v) is 8.29. The first-order valence-electron chi connectivity index (χ1n) is 8.29. The SMILES string of the molecule is O=C(c1ccc(OC(F)(F)F)cc1)N1CC(c2nc(-c3ccccn3)no2)C1. The Hall–Kier alpha value is -3.43. The lowest BCUT2D eigenvalue weighted by Crippen LogP contribution is -2.48.